The number of benzene rings is 7. The third kappa shape index (κ3) is 4.11. The van der Waals surface area contributed by atoms with Crippen LogP contribution in [0.15, 0.2) is 156 Å². The van der Waals surface area contributed by atoms with Gasteiger partial charge in [0, 0.05) is 32.8 Å². The molecule has 0 unspecified atom stereocenters. The summed E-state index contributed by atoms with van der Waals surface area (Å²) >= 11 is 0. The lowest BCUT2D eigenvalue weighted by atomic mass is 9.92. The van der Waals surface area contributed by atoms with Gasteiger partial charge in [0.2, 0.25) is 0 Å². The van der Waals surface area contributed by atoms with Crippen LogP contribution < -0.4 is 0 Å². The minimum Gasteiger partial charge on any atom is -0.455 e. The van der Waals surface area contributed by atoms with Gasteiger partial charge in [0.1, 0.15) is 11.2 Å². The van der Waals surface area contributed by atoms with Crippen LogP contribution in [-0.4, -0.2) is 4.57 Å². The second kappa shape index (κ2) is 10.4. The van der Waals surface area contributed by atoms with Crippen LogP contribution in [0.1, 0.15) is 11.1 Å². The van der Waals surface area contributed by atoms with Gasteiger partial charge in [-0.05, 0) is 95.3 Å². The molecule has 0 saturated heterocycles. The summed E-state index contributed by atoms with van der Waals surface area (Å²) in [7, 11) is 0. The fourth-order valence-corrected chi connectivity index (χ4v) is 7.16. The quantitative estimate of drug-likeness (QED) is 0.200. The van der Waals surface area contributed by atoms with Gasteiger partial charge >= 0.3 is 0 Å². The lowest BCUT2D eigenvalue weighted by Gasteiger charge is -2.13. The lowest BCUT2D eigenvalue weighted by molar-refractivity contribution is 0.670. The largest absolute Gasteiger partial charge is 0.455 e. The Hall–Kier alpha value is -5.86. The number of hydrogen-bond acceptors (Lipinski definition) is 1. The van der Waals surface area contributed by atoms with Crippen molar-refractivity contribution in [3.8, 4) is 39.1 Å². The van der Waals surface area contributed by atoms with Crippen LogP contribution in [0.25, 0.3) is 82.8 Å². The van der Waals surface area contributed by atoms with Crippen LogP contribution in [-0.2, 0) is 0 Å². The first-order chi connectivity index (χ1) is 22.6. The Bertz CT molecular complexity index is 2600. The van der Waals surface area contributed by atoms with Gasteiger partial charge < -0.3 is 8.98 Å². The molecule has 46 heavy (non-hydrogen) atoms. The first-order valence-corrected chi connectivity index (χ1v) is 15.9. The zero-order valence-electron chi connectivity index (χ0n) is 25.8. The molecule has 0 aliphatic carbocycles. The Labute approximate surface area is 267 Å². The SMILES string of the molecule is Cc1ccccc1-c1cc(-c2ccc3c(c2)c2ccccc2n3-c2ccc(-c3cccc4c3oc3ccccc34)cc2)ccc1C. The van der Waals surface area contributed by atoms with Crippen molar-refractivity contribution in [3.05, 3.63) is 163 Å². The van der Waals surface area contributed by atoms with Crippen molar-refractivity contribution in [2.75, 3.05) is 0 Å². The van der Waals surface area contributed by atoms with E-state index in [4.69, 9.17) is 4.42 Å². The van der Waals surface area contributed by atoms with E-state index in [1.807, 2.05) is 12.1 Å². The van der Waals surface area contributed by atoms with Crippen LogP contribution in [0, 0.1) is 13.8 Å². The highest BCUT2D eigenvalue weighted by Crippen LogP contribution is 2.39. The van der Waals surface area contributed by atoms with Crippen LogP contribution in [0.4, 0.5) is 0 Å². The number of nitrogens with zero attached hydrogens (tertiary/aromatic N) is 1. The van der Waals surface area contributed by atoms with Crippen LogP contribution in [0.2, 0.25) is 0 Å². The minimum atomic E-state index is 0.920. The molecule has 0 atom stereocenters. The van der Waals surface area contributed by atoms with E-state index in [9.17, 15) is 0 Å². The topological polar surface area (TPSA) is 18.1 Å². The molecule has 0 aliphatic heterocycles. The van der Waals surface area contributed by atoms with Gasteiger partial charge in [-0.1, -0.05) is 109 Å². The number of aryl methyl sites for hydroxylation is 2. The highest BCUT2D eigenvalue weighted by molar-refractivity contribution is 6.11. The number of hydrogen-bond donors (Lipinski definition) is 0. The second-order valence-electron chi connectivity index (χ2n) is 12.3. The number of para-hydroxylation sites is 3. The zero-order chi connectivity index (χ0) is 30.8. The maximum atomic E-state index is 6.34. The summed E-state index contributed by atoms with van der Waals surface area (Å²) in [5.41, 5.74) is 15.2. The van der Waals surface area contributed by atoms with Gasteiger partial charge in [-0.2, -0.15) is 0 Å². The summed E-state index contributed by atoms with van der Waals surface area (Å²) in [4.78, 5) is 0. The molecular formula is C44H31NO. The smallest absolute Gasteiger partial charge is 0.143 e. The highest BCUT2D eigenvalue weighted by atomic mass is 16.3. The third-order valence-electron chi connectivity index (χ3n) is 9.52. The Morgan fingerprint density at radius 2 is 1.04 bits per heavy atom. The summed E-state index contributed by atoms with van der Waals surface area (Å²) in [6.07, 6.45) is 0. The van der Waals surface area contributed by atoms with E-state index in [0.29, 0.717) is 0 Å². The molecule has 0 saturated carbocycles. The van der Waals surface area contributed by atoms with E-state index in [2.05, 4.69) is 158 Å². The number of furan rings is 1. The average Bonchev–Trinajstić information content (AvgIpc) is 3.65. The average molecular weight is 590 g/mol. The number of rotatable bonds is 4. The van der Waals surface area contributed by atoms with E-state index in [-0.39, 0.29) is 0 Å². The van der Waals surface area contributed by atoms with Crippen molar-refractivity contribution in [1.29, 1.82) is 0 Å². The first-order valence-electron chi connectivity index (χ1n) is 15.9. The van der Waals surface area contributed by atoms with E-state index in [0.717, 1.165) is 38.8 Å². The minimum absolute atomic E-state index is 0.920. The molecule has 0 aliphatic rings. The monoisotopic (exact) mass is 589 g/mol. The Morgan fingerprint density at radius 3 is 1.91 bits per heavy atom. The summed E-state index contributed by atoms with van der Waals surface area (Å²) in [6.45, 7) is 4.39. The van der Waals surface area contributed by atoms with Gasteiger partial charge in [0.05, 0.1) is 11.0 Å². The van der Waals surface area contributed by atoms with Crippen molar-refractivity contribution < 1.29 is 4.42 Å². The van der Waals surface area contributed by atoms with Gasteiger partial charge in [-0.3, -0.25) is 0 Å². The van der Waals surface area contributed by atoms with Gasteiger partial charge in [-0.15, -0.1) is 0 Å². The van der Waals surface area contributed by atoms with Crippen LogP contribution in [0.5, 0.6) is 0 Å². The predicted molar refractivity (Wildman–Crippen MR) is 194 cm³/mol. The molecule has 2 heterocycles. The maximum Gasteiger partial charge on any atom is 0.143 e. The normalized spacial score (nSPS) is 11.7. The standard InChI is InChI=1S/C44H31NO/c1-28-10-3-4-11-34(28)39-26-31(19-18-29(39)2)32-22-25-42-40(27-32)36-12-5-7-16-41(36)45(42)33-23-20-30(21-24-33)35-14-9-15-38-37-13-6-8-17-43(37)46-44(35)38/h3-27H,1-2H3. The van der Waals surface area contributed by atoms with Gasteiger partial charge in [-0.25, -0.2) is 0 Å². The van der Waals surface area contributed by atoms with Gasteiger partial charge in [0.25, 0.3) is 0 Å². The molecule has 0 radical (unpaired) electrons. The van der Waals surface area contributed by atoms with Crippen molar-refractivity contribution in [1.82, 2.24) is 4.57 Å². The fraction of sp³-hybridized carbons (Fsp3) is 0.0455. The van der Waals surface area contributed by atoms with Crippen molar-refractivity contribution in [3.63, 3.8) is 0 Å². The van der Waals surface area contributed by atoms with Crippen LogP contribution in [0.3, 0.4) is 0 Å². The van der Waals surface area contributed by atoms with Crippen molar-refractivity contribution in [2.24, 2.45) is 0 Å². The molecule has 218 valence electrons. The molecule has 2 aromatic heterocycles. The fourth-order valence-electron chi connectivity index (χ4n) is 7.16. The molecular weight excluding hydrogens is 558 g/mol. The Balaban J connectivity index is 1.16. The van der Waals surface area contributed by atoms with E-state index in [1.54, 1.807) is 0 Å². The highest BCUT2D eigenvalue weighted by Gasteiger charge is 2.16. The summed E-state index contributed by atoms with van der Waals surface area (Å²) in [6, 6.07) is 54.7. The zero-order valence-corrected chi connectivity index (χ0v) is 25.8. The van der Waals surface area contributed by atoms with E-state index >= 15 is 0 Å². The Kier molecular flexibility index (Phi) is 5.97. The molecule has 2 nitrogen and oxygen atoms in total. The molecule has 9 rings (SSSR count). The Morgan fingerprint density at radius 1 is 0.413 bits per heavy atom. The molecule has 0 bridgehead atoms. The van der Waals surface area contributed by atoms with Crippen molar-refractivity contribution in [2.45, 2.75) is 13.8 Å². The maximum absolute atomic E-state index is 6.34. The molecule has 7 aromatic carbocycles. The molecule has 0 amide bonds. The van der Waals surface area contributed by atoms with Crippen LogP contribution >= 0.6 is 0 Å². The molecule has 0 spiro atoms. The summed E-state index contributed by atoms with van der Waals surface area (Å²) in [5.74, 6) is 0. The van der Waals surface area contributed by atoms with Gasteiger partial charge in [0.15, 0.2) is 0 Å². The first kappa shape index (κ1) is 26.5. The molecule has 0 fully saturated rings. The summed E-state index contributed by atoms with van der Waals surface area (Å²) < 4.78 is 8.73. The molecule has 2 heteroatoms. The predicted octanol–water partition coefficient (Wildman–Crippen LogP) is 12.3. The van der Waals surface area contributed by atoms with E-state index in [1.165, 1.54) is 55.2 Å². The summed E-state index contributed by atoms with van der Waals surface area (Å²) in [5, 5.41) is 4.80. The third-order valence-corrected chi connectivity index (χ3v) is 9.52. The van der Waals surface area contributed by atoms with E-state index < -0.39 is 0 Å². The lowest BCUT2D eigenvalue weighted by Crippen LogP contribution is -1.94. The molecule has 9 aromatic rings. The van der Waals surface area contributed by atoms with Crippen molar-refractivity contribution >= 4 is 43.7 Å². The number of fused-ring (bicyclic) bond motifs is 6. The number of aromatic nitrogens is 1. The molecule has 0 N–H and O–H groups in total. The second-order valence-corrected chi connectivity index (χ2v) is 12.3.